The zero-order valence-corrected chi connectivity index (χ0v) is 32.0. The molecule has 4 aliphatic rings. The van der Waals surface area contributed by atoms with Crippen LogP contribution in [0.2, 0.25) is 0 Å². The van der Waals surface area contributed by atoms with Crippen LogP contribution in [0.3, 0.4) is 0 Å². The topological polar surface area (TPSA) is 205 Å². The van der Waals surface area contributed by atoms with Gasteiger partial charge in [-0.1, -0.05) is 6.07 Å². The zero-order chi connectivity index (χ0) is 40.4. The molecule has 4 aliphatic heterocycles. The second kappa shape index (κ2) is 16.0. The van der Waals surface area contributed by atoms with Crippen molar-refractivity contribution in [1.82, 2.24) is 30.3 Å². The lowest BCUT2D eigenvalue weighted by Gasteiger charge is -2.44. The summed E-state index contributed by atoms with van der Waals surface area (Å²) in [6, 6.07) is 12.0. The van der Waals surface area contributed by atoms with E-state index in [1.807, 2.05) is 19.1 Å². The molecule has 7 amide bonds. The Labute approximate surface area is 328 Å². The molecule has 1 aromatic heterocycles. The highest BCUT2D eigenvalue weighted by atomic mass is 16.5. The van der Waals surface area contributed by atoms with Crippen molar-refractivity contribution >= 4 is 64.4 Å². The normalized spacial score (nSPS) is 19.6. The van der Waals surface area contributed by atoms with E-state index in [4.69, 9.17) is 14.5 Å². The van der Waals surface area contributed by atoms with Crippen molar-refractivity contribution < 1.29 is 43.0 Å². The number of unbranched alkanes of at least 4 members (excludes halogenated alkanes) is 1. The van der Waals surface area contributed by atoms with E-state index in [0.29, 0.717) is 53.2 Å². The van der Waals surface area contributed by atoms with E-state index >= 15 is 0 Å². The molecule has 2 saturated heterocycles. The Morgan fingerprint density at radius 2 is 1.70 bits per heavy atom. The Morgan fingerprint density at radius 3 is 2.44 bits per heavy atom. The van der Waals surface area contributed by atoms with Crippen LogP contribution < -0.4 is 40.1 Å². The first-order chi connectivity index (χ1) is 27.4. The molecule has 0 aliphatic carbocycles. The van der Waals surface area contributed by atoms with E-state index in [9.17, 15) is 33.6 Å². The molecule has 1 spiro atoms. The molecule has 1 unspecified atom stereocenters. The van der Waals surface area contributed by atoms with Crippen LogP contribution in [-0.4, -0.2) is 110 Å². The predicted molar refractivity (Wildman–Crippen MR) is 207 cm³/mol. The van der Waals surface area contributed by atoms with Crippen molar-refractivity contribution in [2.45, 2.75) is 57.5 Å². The Balaban J connectivity index is 0.865. The number of rotatable bonds is 13. The summed E-state index contributed by atoms with van der Waals surface area (Å²) < 4.78 is 11.8. The molecule has 0 bridgehead atoms. The highest BCUT2D eigenvalue weighted by Gasteiger charge is 2.51. The van der Waals surface area contributed by atoms with E-state index in [1.165, 1.54) is 25.3 Å². The fraction of sp³-hybridized carbons (Fsp3) is 0.400. The molecule has 0 saturated carbocycles. The number of benzene rings is 2. The molecule has 17 nitrogen and oxygen atoms in total. The second-order valence-corrected chi connectivity index (χ2v) is 14.6. The number of imide groups is 2. The number of nitrogens with one attached hydrogen (secondary N) is 4. The summed E-state index contributed by atoms with van der Waals surface area (Å²) in [7, 11) is 3.32. The van der Waals surface area contributed by atoms with Crippen molar-refractivity contribution in [1.29, 1.82) is 0 Å². The monoisotopic (exact) mass is 781 g/mol. The Kier molecular flexibility index (Phi) is 10.9. The molecule has 57 heavy (non-hydrogen) atoms. The van der Waals surface area contributed by atoms with Crippen LogP contribution in [-0.2, 0) is 19.2 Å². The summed E-state index contributed by atoms with van der Waals surface area (Å²) in [5, 5.41) is 11.1. The number of ether oxygens (including phenoxy) is 2. The number of anilines is 3. The molecule has 0 radical (unpaired) electrons. The van der Waals surface area contributed by atoms with Gasteiger partial charge in [0.1, 0.15) is 29.0 Å². The summed E-state index contributed by atoms with van der Waals surface area (Å²) in [5.41, 5.74) is 1.87. The Morgan fingerprint density at radius 1 is 0.947 bits per heavy atom. The third kappa shape index (κ3) is 7.37. The minimum Gasteiger partial charge on any atom is -0.495 e. The number of amides is 7. The number of pyridine rings is 1. The summed E-state index contributed by atoms with van der Waals surface area (Å²) in [4.78, 5) is 96.3. The molecule has 7 rings (SSSR count). The standard InChI is InChI=1S/C40H44N8O9/c1-23-38(53)46(2)27-13-15-31(44-35(27)48(23)19-6-7-20-48)43-26-12-11-24(21-30(26)56-3)36(51)42-18-5-4-17-41-33(50)22-57-29-10-8-9-25-34(29)40(55)47(39(25)54)28-14-16-32(49)45-37(28)52/h8-13,15,21,23,28H,4-7,14,16-20,22H2,1-3H3,(H3-,41,42,43,44,45,49,50,51,52)/p+1/t23-,28?/m1/s1. The fourth-order valence-electron chi connectivity index (χ4n) is 8.05. The molecule has 5 heterocycles. The number of quaternary nitrogens is 1. The first kappa shape index (κ1) is 38.9. The van der Waals surface area contributed by atoms with Gasteiger partial charge in [0, 0.05) is 45.0 Å². The van der Waals surface area contributed by atoms with Crippen molar-refractivity contribution in [3.63, 3.8) is 0 Å². The molecule has 17 heteroatoms. The van der Waals surface area contributed by atoms with Gasteiger partial charge in [0.25, 0.3) is 35.4 Å². The first-order valence-corrected chi connectivity index (χ1v) is 19.1. The van der Waals surface area contributed by atoms with Crippen LogP contribution in [0, 0.1) is 0 Å². The van der Waals surface area contributed by atoms with Gasteiger partial charge < -0.3 is 30.3 Å². The number of nitrogens with zero attached hydrogens (tertiary/aromatic N) is 4. The van der Waals surface area contributed by atoms with Crippen LogP contribution in [0.15, 0.2) is 48.5 Å². The lowest BCUT2D eigenvalue weighted by molar-refractivity contribution is -0.136. The number of hydrogen-bond donors (Lipinski definition) is 4. The maximum atomic E-state index is 13.2. The van der Waals surface area contributed by atoms with Gasteiger partial charge in [-0.2, -0.15) is 4.98 Å². The first-order valence-electron chi connectivity index (χ1n) is 19.1. The molecule has 4 N–H and O–H groups in total. The van der Waals surface area contributed by atoms with Gasteiger partial charge in [0.15, 0.2) is 12.6 Å². The van der Waals surface area contributed by atoms with Gasteiger partial charge in [-0.25, -0.2) is 0 Å². The van der Waals surface area contributed by atoms with Crippen LogP contribution in [0.1, 0.15) is 76.5 Å². The smallest absolute Gasteiger partial charge is 0.285 e. The van der Waals surface area contributed by atoms with E-state index in [1.54, 1.807) is 30.1 Å². The quantitative estimate of drug-likeness (QED) is 0.113. The number of carbonyl (C=O) groups is 7. The van der Waals surface area contributed by atoms with Crippen molar-refractivity contribution in [3.8, 4) is 11.5 Å². The van der Waals surface area contributed by atoms with Crippen LogP contribution >= 0.6 is 0 Å². The number of fused-ring (bicyclic) bond motifs is 3. The van der Waals surface area contributed by atoms with Gasteiger partial charge in [0.05, 0.1) is 37.0 Å². The van der Waals surface area contributed by atoms with Gasteiger partial charge in [-0.15, -0.1) is 0 Å². The number of hydrogen-bond acceptors (Lipinski definition) is 11. The second-order valence-electron chi connectivity index (χ2n) is 14.6. The number of likely N-dealkylation sites (N-methyl/N-ethyl adjacent to an activating group) is 1. The average molecular weight is 782 g/mol. The van der Waals surface area contributed by atoms with E-state index < -0.39 is 42.2 Å². The highest BCUT2D eigenvalue weighted by molar-refractivity contribution is 6.24. The summed E-state index contributed by atoms with van der Waals surface area (Å²) in [6.45, 7) is 3.96. The number of aromatic nitrogens is 1. The largest absolute Gasteiger partial charge is 0.495 e. The van der Waals surface area contributed by atoms with Crippen molar-refractivity contribution in [3.05, 3.63) is 65.2 Å². The predicted octanol–water partition coefficient (Wildman–Crippen LogP) is 2.41. The van der Waals surface area contributed by atoms with E-state index in [-0.39, 0.29) is 47.6 Å². The SMILES string of the molecule is COc1cc(C(=O)NCCCCNC(=O)COc2cccc3c2C(=O)N(C2CCC(=O)NC2=O)C3=O)ccc1Nc1ccc2c(n1)[N+]1(CCCC1)[C@H](C)C(=O)N2C. The average Bonchev–Trinajstić information content (AvgIpc) is 3.80. The Hall–Kier alpha value is -6.36. The number of methoxy groups -OCH3 is 1. The summed E-state index contributed by atoms with van der Waals surface area (Å²) >= 11 is 0. The summed E-state index contributed by atoms with van der Waals surface area (Å²) in [6.07, 6.45) is 3.23. The van der Waals surface area contributed by atoms with Crippen LogP contribution in [0.4, 0.5) is 23.0 Å². The molecule has 2 atom stereocenters. The fourth-order valence-corrected chi connectivity index (χ4v) is 8.05. The van der Waals surface area contributed by atoms with Crippen LogP contribution in [0.25, 0.3) is 0 Å². The molecular formula is C40H45N8O9+. The van der Waals surface area contributed by atoms with Gasteiger partial charge in [0.2, 0.25) is 11.8 Å². The third-order valence-electron chi connectivity index (χ3n) is 11.2. The molecule has 2 fully saturated rings. The van der Waals surface area contributed by atoms with Gasteiger partial charge in [-0.05, 0) is 68.7 Å². The van der Waals surface area contributed by atoms with Crippen molar-refractivity contribution in [2.75, 3.05) is 57.2 Å². The lowest BCUT2D eigenvalue weighted by atomic mass is 10.0. The van der Waals surface area contributed by atoms with Gasteiger partial charge >= 0.3 is 0 Å². The third-order valence-corrected chi connectivity index (χ3v) is 11.2. The van der Waals surface area contributed by atoms with E-state index in [2.05, 4.69) is 21.3 Å². The van der Waals surface area contributed by atoms with Crippen molar-refractivity contribution in [2.24, 2.45) is 0 Å². The highest BCUT2D eigenvalue weighted by Crippen LogP contribution is 2.43. The molecule has 2 aromatic carbocycles. The minimum atomic E-state index is -1.11. The maximum Gasteiger partial charge on any atom is 0.285 e. The molecular weight excluding hydrogens is 736 g/mol. The van der Waals surface area contributed by atoms with E-state index in [0.717, 1.165) is 42.3 Å². The molecule has 3 aromatic rings. The van der Waals surface area contributed by atoms with Gasteiger partial charge in [-0.3, -0.25) is 48.3 Å². The minimum absolute atomic E-state index is 0.000941. The molecule has 298 valence electrons. The summed E-state index contributed by atoms with van der Waals surface area (Å²) in [5.74, 6) is -1.24. The van der Waals surface area contributed by atoms with Crippen LogP contribution in [0.5, 0.6) is 11.5 Å². The lowest BCUT2D eigenvalue weighted by Crippen LogP contribution is -2.63. The number of carbonyl (C=O) groups excluding carboxylic acids is 7. The Bertz CT molecular complexity index is 2170. The maximum absolute atomic E-state index is 13.2. The number of piperidine rings is 1. The zero-order valence-electron chi connectivity index (χ0n) is 32.0.